The van der Waals surface area contributed by atoms with Crippen molar-refractivity contribution in [3.05, 3.63) is 72.1 Å². The van der Waals surface area contributed by atoms with Gasteiger partial charge in [-0.2, -0.15) is 0 Å². The zero-order valence-corrected chi connectivity index (χ0v) is 13.9. The second-order valence-corrected chi connectivity index (χ2v) is 5.65. The van der Waals surface area contributed by atoms with E-state index in [0.717, 1.165) is 10.8 Å². The standard InChI is InChI=1S/C19H18N4O3/c24-17(22-23-19(26)16-6-3-10-20-16)9-11-21-18(25)15-8-7-13-4-1-2-5-14(13)12-15/h1-8,10,12,20H,9,11H2,(H,21,25)(H,22,24)(H,23,26). The number of nitrogens with one attached hydrogen (secondary N) is 4. The maximum absolute atomic E-state index is 12.2. The van der Waals surface area contributed by atoms with Crippen LogP contribution in [0.4, 0.5) is 0 Å². The number of carbonyl (C=O) groups excluding carboxylic acids is 3. The Bertz CT molecular complexity index is 935. The van der Waals surface area contributed by atoms with Gasteiger partial charge < -0.3 is 10.3 Å². The van der Waals surface area contributed by atoms with Crippen LogP contribution < -0.4 is 16.2 Å². The van der Waals surface area contributed by atoms with Gasteiger partial charge in [0.25, 0.3) is 11.8 Å². The first-order valence-electron chi connectivity index (χ1n) is 8.13. The molecule has 0 unspecified atom stereocenters. The topological polar surface area (TPSA) is 103 Å². The first-order valence-corrected chi connectivity index (χ1v) is 8.13. The predicted octanol–water partition coefficient (Wildman–Crippen LogP) is 1.75. The van der Waals surface area contributed by atoms with Gasteiger partial charge in [0.05, 0.1) is 0 Å². The molecule has 0 bridgehead atoms. The molecule has 0 aliphatic carbocycles. The highest BCUT2D eigenvalue weighted by molar-refractivity contribution is 5.98. The number of aromatic amines is 1. The van der Waals surface area contributed by atoms with Crippen LogP contribution in [0.2, 0.25) is 0 Å². The van der Waals surface area contributed by atoms with E-state index in [0.29, 0.717) is 11.3 Å². The van der Waals surface area contributed by atoms with Gasteiger partial charge in [-0.05, 0) is 35.0 Å². The van der Waals surface area contributed by atoms with E-state index in [4.69, 9.17) is 0 Å². The first-order chi connectivity index (χ1) is 12.6. The Labute approximate surface area is 149 Å². The maximum atomic E-state index is 12.2. The van der Waals surface area contributed by atoms with Gasteiger partial charge in [0.15, 0.2) is 0 Å². The molecular weight excluding hydrogens is 332 g/mol. The molecule has 3 aromatic rings. The van der Waals surface area contributed by atoms with Gasteiger partial charge in [-0.3, -0.25) is 25.2 Å². The Morgan fingerprint density at radius 2 is 1.65 bits per heavy atom. The number of hydrogen-bond donors (Lipinski definition) is 4. The van der Waals surface area contributed by atoms with Crippen molar-refractivity contribution in [2.45, 2.75) is 6.42 Å². The average molecular weight is 350 g/mol. The van der Waals surface area contributed by atoms with Gasteiger partial charge in [0.1, 0.15) is 5.69 Å². The molecule has 2 aromatic carbocycles. The highest BCUT2D eigenvalue weighted by Gasteiger charge is 2.09. The second kappa shape index (κ2) is 7.98. The van der Waals surface area contributed by atoms with Gasteiger partial charge >= 0.3 is 0 Å². The fourth-order valence-electron chi connectivity index (χ4n) is 2.45. The van der Waals surface area contributed by atoms with E-state index in [9.17, 15) is 14.4 Å². The zero-order valence-electron chi connectivity index (χ0n) is 13.9. The molecule has 1 aromatic heterocycles. The Morgan fingerprint density at radius 1 is 0.846 bits per heavy atom. The summed E-state index contributed by atoms with van der Waals surface area (Å²) >= 11 is 0. The molecule has 0 aliphatic heterocycles. The average Bonchev–Trinajstić information content (AvgIpc) is 3.20. The molecule has 7 nitrogen and oxygen atoms in total. The highest BCUT2D eigenvalue weighted by atomic mass is 16.2. The lowest BCUT2D eigenvalue weighted by Gasteiger charge is -2.08. The molecular formula is C19H18N4O3. The smallest absolute Gasteiger partial charge is 0.286 e. The summed E-state index contributed by atoms with van der Waals surface area (Å²) in [6.07, 6.45) is 1.66. The summed E-state index contributed by atoms with van der Waals surface area (Å²) in [6, 6.07) is 16.5. The maximum Gasteiger partial charge on any atom is 0.286 e. The van der Waals surface area contributed by atoms with E-state index in [2.05, 4.69) is 21.2 Å². The van der Waals surface area contributed by atoms with Gasteiger partial charge in [0.2, 0.25) is 5.91 Å². The molecule has 7 heteroatoms. The summed E-state index contributed by atoms with van der Waals surface area (Å²) in [7, 11) is 0. The summed E-state index contributed by atoms with van der Waals surface area (Å²) in [4.78, 5) is 38.3. The second-order valence-electron chi connectivity index (χ2n) is 5.65. The molecule has 0 spiro atoms. The Hall–Kier alpha value is -3.61. The summed E-state index contributed by atoms with van der Waals surface area (Å²) in [6.45, 7) is 0.163. The van der Waals surface area contributed by atoms with E-state index < -0.39 is 11.8 Å². The minimum absolute atomic E-state index is 0.0460. The van der Waals surface area contributed by atoms with Crippen LogP contribution >= 0.6 is 0 Å². The predicted molar refractivity (Wildman–Crippen MR) is 97.3 cm³/mol. The molecule has 3 amide bonds. The Balaban J connectivity index is 1.44. The van der Waals surface area contributed by atoms with E-state index in [-0.39, 0.29) is 18.9 Å². The lowest BCUT2D eigenvalue weighted by atomic mass is 10.1. The van der Waals surface area contributed by atoms with Crippen LogP contribution in [0.3, 0.4) is 0 Å². The van der Waals surface area contributed by atoms with Crippen molar-refractivity contribution in [2.75, 3.05) is 6.54 Å². The molecule has 0 saturated heterocycles. The minimum atomic E-state index is -0.441. The van der Waals surface area contributed by atoms with Crippen molar-refractivity contribution in [3.8, 4) is 0 Å². The van der Waals surface area contributed by atoms with E-state index in [1.165, 1.54) is 0 Å². The van der Waals surface area contributed by atoms with Crippen molar-refractivity contribution in [3.63, 3.8) is 0 Å². The molecule has 0 radical (unpaired) electrons. The van der Waals surface area contributed by atoms with Gasteiger partial charge in [0, 0.05) is 24.7 Å². The molecule has 3 rings (SSSR count). The summed E-state index contributed by atoms with van der Waals surface area (Å²) < 4.78 is 0. The van der Waals surface area contributed by atoms with Crippen LogP contribution in [0.25, 0.3) is 10.8 Å². The fraction of sp³-hybridized carbons (Fsp3) is 0.105. The SMILES string of the molecule is O=C(CCNC(=O)c1ccc2ccccc2c1)NNC(=O)c1ccc[nH]1. The van der Waals surface area contributed by atoms with Crippen molar-refractivity contribution in [2.24, 2.45) is 0 Å². The number of rotatable bonds is 5. The Kier molecular flexibility index (Phi) is 5.28. The van der Waals surface area contributed by atoms with Gasteiger partial charge in [-0.1, -0.05) is 30.3 Å². The third-order valence-electron chi connectivity index (χ3n) is 3.81. The lowest BCUT2D eigenvalue weighted by molar-refractivity contribution is -0.121. The van der Waals surface area contributed by atoms with E-state index >= 15 is 0 Å². The first kappa shape index (κ1) is 17.2. The minimum Gasteiger partial charge on any atom is -0.357 e. The van der Waals surface area contributed by atoms with E-state index in [1.807, 2.05) is 30.3 Å². The monoisotopic (exact) mass is 350 g/mol. The highest BCUT2D eigenvalue weighted by Crippen LogP contribution is 2.15. The number of hydrogen-bond acceptors (Lipinski definition) is 3. The zero-order chi connectivity index (χ0) is 18.4. The third-order valence-corrected chi connectivity index (χ3v) is 3.81. The third kappa shape index (κ3) is 4.27. The largest absolute Gasteiger partial charge is 0.357 e. The number of benzene rings is 2. The molecule has 0 saturated carbocycles. The van der Waals surface area contributed by atoms with Crippen LogP contribution in [-0.2, 0) is 4.79 Å². The molecule has 132 valence electrons. The summed E-state index contributed by atoms with van der Waals surface area (Å²) in [5.41, 5.74) is 5.47. The molecule has 1 heterocycles. The number of fused-ring (bicyclic) bond motifs is 1. The van der Waals surface area contributed by atoms with Crippen molar-refractivity contribution < 1.29 is 14.4 Å². The summed E-state index contributed by atoms with van der Waals surface area (Å²) in [5.74, 6) is -1.09. The quantitative estimate of drug-likeness (QED) is 0.527. The number of aromatic nitrogens is 1. The van der Waals surface area contributed by atoms with Crippen LogP contribution in [0.5, 0.6) is 0 Å². The van der Waals surface area contributed by atoms with Crippen molar-refractivity contribution >= 4 is 28.5 Å². The van der Waals surface area contributed by atoms with Gasteiger partial charge in [-0.15, -0.1) is 0 Å². The normalized spacial score (nSPS) is 10.3. The van der Waals surface area contributed by atoms with Crippen LogP contribution in [-0.4, -0.2) is 29.3 Å². The number of H-pyrrole nitrogens is 1. The lowest BCUT2D eigenvalue weighted by Crippen LogP contribution is -2.42. The molecule has 26 heavy (non-hydrogen) atoms. The number of amides is 3. The molecule has 0 atom stereocenters. The van der Waals surface area contributed by atoms with Gasteiger partial charge in [-0.25, -0.2) is 0 Å². The fourth-order valence-corrected chi connectivity index (χ4v) is 2.45. The van der Waals surface area contributed by atoms with Crippen molar-refractivity contribution in [1.82, 2.24) is 21.2 Å². The van der Waals surface area contributed by atoms with Crippen molar-refractivity contribution in [1.29, 1.82) is 0 Å². The molecule has 0 fully saturated rings. The molecule has 0 aliphatic rings. The molecule has 4 N–H and O–H groups in total. The Morgan fingerprint density at radius 3 is 2.42 bits per heavy atom. The number of carbonyl (C=O) groups is 3. The van der Waals surface area contributed by atoms with E-state index in [1.54, 1.807) is 30.5 Å². The van der Waals surface area contributed by atoms with Crippen LogP contribution in [0.1, 0.15) is 27.3 Å². The van der Waals surface area contributed by atoms with Crippen LogP contribution in [0.15, 0.2) is 60.8 Å². The van der Waals surface area contributed by atoms with Crippen LogP contribution in [0, 0.1) is 0 Å². The summed E-state index contributed by atoms with van der Waals surface area (Å²) in [5, 5.41) is 4.72. The number of hydrazine groups is 1.